The molecule has 102 valence electrons. The molecule has 0 aliphatic rings. The van der Waals surface area contributed by atoms with E-state index in [4.69, 9.17) is 5.73 Å². The molecule has 18 heavy (non-hydrogen) atoms. The number of aryl methyl sites for hydroxylation is 1. The Labute approximate surface area is 110 Å². The number of nitrogens with one attached hydrogen (secondary N) is 1. The molecule has 1 atom stereocenters. The van der Waals surface area contributed by atoms with Crippen LogP contribution in [0.25, 0.3) is 0 Å². The zero-order valence-electron chi connectivity index (χ0n) is 11.2. The fourth-order valence-electron chi connectivity index (χ4n) is 1.88. The van der Waals surface area contributed by atoms with Gasteiger partial charge in [0.1, 0.15) is 0 Å². The van der Waals surface area contributed by atoms with E-state index in [1.165, 1.54) is 0 Å². The van der Waals surface area contributed by atoms with Crippen LogP contribution in [0.1, 0.15) is 37.8 Å². The molecule has 0 aliphatic heterocycles. The fraction of sp³-hybridized carbons (Fsp3) is 0.538. The second kappa shape index (κ2) is 6.31. The summed E-state index contributed by atoms with van der Waals surface area (Å²) in [5.41, 5.74) is 7.11. The molecule has 0 heterocycles. The van der Waals surface area contributed by atoms with Crippen LogP contribution < -0.4 is 10.5 Å². The smallest absolute Gasteiger partial charge is 0.241 e. The van der Waals surface area contributed by atoms with Crippen LogP contribution >= 0.6 is 0 Å². The van der Waals surface area contributed by atoms with Gasteiger partial charge in [-0.1, -0.05) is 25.5 Å². The van der Waals surface area contributed by atoms with E-state index in [1.807, 2.05) is 19.9 Å². The Bertz CT molecular complexity index is 498. The summed E-state index contributed by atoms with van der Waals surface area (Å²) in [7, 11) is -3.45. The molecule has 0 radical (unpaired) electrons. The Morgan fingerprint density at radius 2 is 2.06 bits per heavy atom. The SMILES string of the molecule is CCCC(C)NS(=O)(=O)c1cc(CN)ccc1C. The van der Waals surface area contributed by atoms with Gasteiger partial charge in [0.05, 0.1) is 4.90 Å². The maximum atomic E-state index is 12.3. The summed E-state index contributed by atoms with van der Waals surface area (Å²) in [4.78, 5) is 0.327. The molecule has 0 bridgehead atoms. The number of benzene rings is 1. The third kappa shape index (κ3) is 3.80. The number of hydrogen-bond acceptors (Lipinski definition) is 3. The van der Waals surface area contributed by atoms with Crippen molar-refractivity contribution in [2.45, 2.75) is 51.1 Å². The van der Waals surface area contributed by atoms with Crippen molar-refractivity contribution in [3.63, 3.8) is 0 Å². The Hall–Kier alpha value is -0.910. The summed E-state index contributed by atoms with van der Waals surface area (Å²) in [5, 5.41) is 0. The Kier molecular flexibility index (Phi) is 5.31. The molecule has 1 unspecified atom stereocenters. The minimum atomic E-state index is -3.45. The van der Waals surface area contributed by atoms with Crippen LogP contribution in [0.3, 0.4) is 0 Å². The predicted octanol–water partition coefficient (Wildman–Crippen LogP) is 1.92. The van der Waals surface area contributed by atoms with Crippen molar-refractivity contribution in [2.24, 2.45) is 5.73 Å². The summed E-state index contributed by atoms with van der Waals surface area (Å²) >= 11 is 0. The van der Waals surface area contributed by atoms with Gasteiger partial charge < -0.3 is 5.73 Å². The second-order valence-corrected chi connectivity index (χ2v) is 6.30. The van der Waals surface area contributed by atoms with Crippen LogP contribution in [-0.2, 0) is 16.6 Å². The molecule has 3 N–H and O–H groups in total. The molecule has 4 nitrogen and oxygen atoms in total. The summed E-state index contributed by atoms with van der Waals surface area (Å²) < 4.78 is 27.2. The average Bonchev–Trinajstić information content (AvgIpc) is 2.29. The van der Waals surface area contributed by atoms with Crippen LogP contribution in [0.15, 0.2) is 23.1 Å². The van der Waals surface area contributed by atoms with Gasteiger partial charge in [-0.25, -0.2) is 13.1 Å². The fourth-order valence-corrected chi connectivity index (χ4v) is 3.45. The van der Waals surface area contributed by atoms with Gasteiger partial charge in [0.15, 0.2) is 0 Å². The lowest BCUT2D eigenvalue weighted by Crippen LogP contribution is -2.32. The summed E-state index contributed by atoms with van der Waals surface area (Å²) in [6, 6.07) is 5.24. The maximum absolute atomic E-state index is 12.3. The van der Waals surface area contributed by atoms with Crippen molar-refractivity contribution >= 4 is 10.0 Å². The zero-order valence-corrected chi connectivity index (χ0v) is 12.0. The van der Waals surface area contributed by atoms with E-state index >= 15 is 0 Å². The molecule has 1 rings (SSSR count). The van der Waals surface area contributed by atoms with Gasteiger partial charge in [-0.3, -0.25) is 0 Å². The number of nitrogens with two attached hydrogens (primary N) is 1. The van der Waals surface area contributed by atoms with Crippen LogP contribution in [-0.4, -0.2) is 14.5 Å². The lowest BCUT2D eigenvalue weighted by atomic mass is 10.1. The molecule has 0 spiro atoms. The van der Waals surface area contributed by atoms with Crippen molar-refractivity contribution in [2.75, 3.05) is 0 Å². The molecule has 0 amide bonds. The highest BCUT2D eigenvalue weighted by atomic mass is 32.2. The van der Waals surface area contributed by atoms with Crippen LogP contribution in [0.2, 0.25) is 0 Å². The maximum Gasteiger partial charge on any atom is 0.241 e. The molecular weight excluding hydrogens is 248 g/mol. The first-order valence-corrected chi connectivity index (χ1v) is 7.71. The van der Waals surface area contributed by atoms with Crippen molar-refractivity contribution < 1.29 is 8.42 Å². The quantitative estimate of drug-likeness (QED) is 0.829. The minimum Gasteiger partial charge on any atom is -0.326 e. The van der Waals surface area contributed by atoms with Gasteiger partial charge in [0.2, 0.25) is 10.0 Å². The van der Waals surface area contributed by atoms with Crippen molar-refractivity contribution in [1.29, 1.82) is 0 Å². The first-order valence-electron chi connectivity index (χ1n) is 6.22. The third-order valence-corrected chi connectivity index (χ3v) is 4.59. The molecule has 5 heteroatoms. The van der Waals surface area contributed by atoms with E-state index in [0.29, 0.717) is 11.4 Å². The van der Waals surface area contributed by atoms with E-state index in [-0.39, 0.29) is 6.04 Å². The number of sulfonamides is 1. The molecule has 0 saturated carbocycles. The molecular formula is C13H22N2O2S. The van der Waals surface area contributed by atoms with Crippen molar-refractivity contribution in [3.05, 3.63) is 29.3 Å². The van der Waals surface area contributed by atoms with E-state index in [9.17, 15) is 8.42 Å². The van der Waals surface area contributed by atoms with E-state index in [2.05, 4.69) is 4.72 Å². The number of hydrogen-bond donors (Lipinski definition) is 2. The van der Waals surface area contributed by atoms with Gasteiger partial charge in [0, 0.05) is 12.6 Å². The van der Waals surface area contributed by atoms with Gasteiger partial charge >= 0.3 is 0 Å². The molecule has 1 aromatic carbocycles. The molecule has 0 fully saturated rings. The van der Waals surface area contributed by atoms with Gasteiger partial charge in [-0.2, -0.15) is 0 Å². The average molecular weight is 270 g/mol. The lowest BCUT2D eigenvalue weighted by Gasteiger charge is -2.15. The monoisotopic (exact) mass is 270 g/mol. The van der Waals surface area contributed by atoms with Crippen LogP contribution in [0.4, 0.5) is 0 Å². The lowest BCUT2D eigenvalue weighted by molar-refractivity contribution is 0.543. The molecule has 0 aliphatic carbocycles. The van der Waals surface area contributed by atoms with Gasteiger partial charge in [-0.15, -0.1) is 0 Å². The van der Waals surface area contributed by atoms with Crippen molar-refractivity contribution in [1.82, 2.24) is 4.72 Å². The first-order chi connectivity index (χ1) is 8.40. The normalized spacial score (nSPS) is 13.6. The Morgan fingerprint density at radius 3 is 2.61 bits per heavy atom. The molecule has 0 aromatic heterocycles. The highest BCUT2D eigenvalue weighted by molar-refractivity contribution is 7.89. The van der Waals surface area contributed by atoms with Gasteiger partial charge in [0.25, 0.3) is 0 Å². The summed E-state index contributed by atoms with van der Waals surface area (Å²) in [6.07, 6.45) is 1.78. The largest absolute Gasteiger partial charge is 0.326 e. The van der Waals surface area contributed by atoms with E-state index < -0.39 is 10.0 Å². The Balaban J connectivity index is 3.04. The van der Waals surface area contributed by atoms with E-state index in [0.717, 1.165) is 24.0 Å². The minimum absolute atomic E-state index is 0.0547. The second-order valence-electron chi connectivity index (χ2n) is 4.61. The number of rotatable bonds is 6. The summed E-state index contributed by atoms with van der Waals surface area (Å²) in [5.74, 6) is 0. The van der Waals surface area contributed by atoms with E-state index in [1.54, 1.807) is 19.1 Å². The topological polar surface area (TPSA) is 72.2 Å². The molecule has 0 saturated heterocycles. The highest BCUT2D eigenvalue weighted by Crippen LogP contribution is 2.17. The first kappa shape index (κ1) is 15.1. The van der Waals surface area contributed by atoms with Crippen LogP contribution in [0, 0.1) is 6.92 Å². The zero-order chi connectivity index (χ0) is 13.8. The standard InChI is InChI=1S/C13H22N2O2S/c1-4-5-11(3)15-18(16,17)13-8-12(9-14)7-6-10(13)2/h6-8,11,15H,4-5,9,14H2,1-3H3. The van der Waals surface area contributed by atoms with Crippen LogP contribution in [0.5, 0.6) is 0 Å². The Morgan fingerprint density at radius 1 is 1.39 bits per heavy atom. The predicted molar refractivity (Wildman–Crippen MR) is 73.8 cm³/mol. The summed E-state index contributed by atoms with van der Waals surface area (Å²) in [6.45, 7) is 6.04. The third-order valence-electron chi connectivity index (χ3n) is 2.86. The molecule has 1 aromatic rings. The highest BCUT2D eigenvalue weighted by Gasteiger charge is 2.19. The van der Waals surface area contributed by atoms with Gasteiger partial charge in [-0.05, 0) is 37.5 Å². The van der Waals surface area contributed by atoms with Crippen molar-refractivity contribution in [3.8, 4) is 0 Å².